The molecule has 2 aromatic rings. The molecule has 2 N–H and O–H groups in total. The molecule has 0 radical (unpaired) electrons. The minimum Gasteiger partial charge on any atom is -0.497 e. The molecule has 146 valence electrons. The number of methoxy groups -OCH3 is 1. The van der Waals surface area contributed by atoms with Gasteiger partial charge in [0.15, 0.2) is 5.96 Å². The third-order valence-corrected chi connectivity index (χ3v) is 4.57. The lowest BCUT2D eigenvalue weighted by molar-refractivity contribution is 0.296. The van der Waals surface area contributed by atoms with Crippen LogP contribution in [0.25, 0.3) is 0 Å². The molecular formula is C22H32N4O. The molecule has 5 nitrogen and oxygen atoms in total. The van der Waals surface area contributed by atoms with Gasteiger partial charge in [-0.1, -0.05) is 50.2 Å². The summed E-state index contributed by atoms with van der Waals surface area (Å²) in [6.07, 6.45) is 0. The Morgan fingerprint density at radius 2 is 1.52 bits per heavy atom. The Bertz CT molecular complexity index is 726. The molecule has 2 rings (SSSR count). The predicted molar refractivity (Wildman–Crippen MR) is 113 cm³/mol. The Labute approximate surface area is 163 Å². The van der Waals surface area contributed by atoms with Crippen molar-refractivity contribution < 1.29 is 4.74 Å². The first-order valence-electron chi connectivity index (χ1n) is 9.56. The van der Waals surface area contributed by atoms with E-state index in [1.54, 1.807) is 14.2 Å². The number of nitrogens with zero attached hydrogens (tertiary/aromatic N) is 2. The molecule has 0 aliphatic rings. The third kappa shape index (κ3) is 6.94. The van der Waals surface area contributed by atoms with Crippen molar-refractivity contribution in [3.63, 3.8) is 0 Å². The van der Waals surface area contributed by atoms with Crippen molar-refractivity contribution in [2.45, 2.75) is 33.5 Å². The maximum absolute atomic E-state index is 5.27. The van der Waals surface area contributed by atoms with Crippen molar-refractivity contribution >= 4 is 5.96 Å². The molecule has 0 aliphatic heterocycles. The molecule has 0 aliphatic carbocycles. The van der Waals surface area contributed by atoms with Crippen LogP contribution in [0.15, 0.2) is 53.5 Å². The van der Waals surface area contributed by atoms with Crippen molar-refractivity contribution in [3.05, 3.63) is 65.2 Å². The molecule has 0 heterocycles. The summed E-state index contributed by atoms with van der Waals surface area (Å²) in [5.74, 6) is 1.65. The Morgan fingerprint density at radius 1 is 0.926 bits per heavy atom. The van der Waals surface area contributed by atoms with E-state index in [1.807, 2.05) is 18.2 Å². The number of ether oxygens (including phenoxy) is 1. The van der Waals surface area contributed by atoms with Gasteiger partial charge < -0.3 is 15.4 Å². The van der Waals surface area contributed by atoms with Crippen molar-refractivity contribution in [2.24, 2.45) is 4.99 Å². The maximum atomic E-state index is 5.27. The molecule has 5 heteroatoms. The molecule has 0 saturated heterocycles. The minimum atomic E-state index is 0.693. The van der Waals surface area contributed by atoms with E-state index in [-0.39, 0.29) is 0 Å². The fourth-order valence-corrected chi connectivity index (χ4v) is 2.92. The van der Waals surface area contributed by atoms with E-state index < -0.39 is 0 Å². The zero-order valence-corrected chi connectivity index (χ0v) is 17.0. The quantitative estimate of drug-likeness (QED) is 0.526. The lowest BCUT2D eigenvalue weighted by Gasteiger charge is -2.18. The van der Waals surface area contributed by atoms with Crippen LogP contribution >= 0.6 is 0 Å². The average Bonchev–Trinajstić information content (AvgIpc) is 2.72. The molecule has 0 saturated carbocycles. The summed E-state index contributed by atoms with van der Waals surface area (Å²) in [6.45, 7) is 8.96. The largest absolute Gasteiger partial charge is 0.497 e. The third-order valence-electron chi connectivity index (χ3n) is 4.57. The fraction of sp³-hybridized carbons (Fsp3) is 0.409. The highest BCUT2D eigenvalue weighted by Crippen LogP contribution is 2.12. The summed E-state index contributed by atoms with van der Waals surface area (Å²) < 4.78 is 5.27. The van der Waals surface area contributed by atoms with E-state index in [9.17, 15) is 0 Å². The van der Waals surface area contributed by atoms with E-state index in [2.05, 4.69) is 64.7 Å². The predicted octanol–water partition coefficient (Wildman–Crippen LogP) is 3.40. The van der Waals surface area contributed by atoms with Crippen LogP contribution < -0.4 is 15.4 Å². The van der Waals surface area contributed by atoms with Crippen LogP contribution in [-0.4, -0.2) is 38.1 Å². The second-order valence-electron chi connectivity index (χ2n) is 6.41. The van der Waals surface area contributed by atoms with Crippen molar-refractivity contribution in [2.75, 3.05) is 27.2 Å². The van der Waals surface area contributed by atoms with Crippen molar-refractivity contribution in [1.29, 1.82) is 0 Å². The summed E-state index contributed by atoms with van der Waals surface area (Å²) in [7, 11) is 3.47. The summed E-state index contributed by atoms with van der Waals surface area (Å²) in [5.41, 5.74) is 3.75. The number of guanidine groups is 1. The zero-order chi connectivity index (χ0) is 19.5. The molecule has 0 fully saturated rings. The van der Waals surface area contributed by atoms with Crippen LogP contribution in [0.2, 0.25) is 0 Å². The first kappa shape index (κ1) is 20.8. The highest BCUT2D eigenvalue weighted by Gasteiger charge is 2.04. The van der Waals surface area contributed by atoms with Gasteiger partial charge in [0.1, 0.15) is 5.75 Å². The maximum Gasteiger partial charge on any atom is 0.191 e. The number of benzene rings is 2. The molecule has 2 aromatic carbocycles. The Hall–Kier alpha value is -2.53. The van der Waals surface area contributed by atoms with Gasteiger partial charge >= 0.3 is 0 Å². The molecule has 27 heavy (non-hydrogen) atoms. The number of hydrogen-bond donors (Lipinski definition) is 2. The molecule has 0 amide bonds. The van der Waals surface area contributed by atoms with E-state index in [1.165, 1.54) is 11.1 Å². The number of rotatable bonds is 9. The van der Waals surface area contributed by atoms with Gasteiger partial charge in [-0.3, -0.25) is 9.89 Å². The smallest absolute Gasteiger partial charge is 0.191 e. The summed E-state index contributed by atoms with van der Waals surface area (Å²) in [5, 5.41) is 6.73. The summed E-state index contributed by atoms with van der Waals surface area (Å²) in [4.78, 5) is 6.73. The normalized spacial score (nSPS) is 11.5. The molecule has 0 bridgehead atoms. The van der Waals surface area contributed by atoms with E-state index in [0.717, 1.165) is 43.5 Å². The van der Waals surface area contributed by atoms with Crippen molar-refractivity contribution in [3.8, 4) is 5.75 Å². The van der Waals surface area contributed by atoms with Crippen molar-refractivity contribution in [1.82, 2.24) is 15.5 Å². The lowest BCUT2D eigenvalue weighted by Crippen LogP contribution is -2.36. The average molecular weight is 369 g/mol. The molecule has 0 spiro atoms. The van der Waals surface area contributed by atoms with Crippen LogP contribution in [0, 0.1) is 0 Å². The standard InChI is InChI=1S/C22H32N4O/c1-5-26(6-2)17-20-11-7-9-18(13-20)15-24-22(23-3)25-16-19-10-8-12-21(14-19)27-4/h7-14H,5-6,15-17H2,1-4H3,(H2,23,24,25). The second-order valence-corrected chi connectivity index (χ2v) is 6.41. The summed E-state index contributed by atoms with van der Waals surface area (Å²) in [6, 6.07) is 16.8. The Balaban J connectivity index is 1.88. The number of hydrogen-bond acceptors (Lipinski definition) is 3. The highest BCUT2D eigenvalue weighted by molar-refractivity contribution is 5.79. The van der Waals surface area contributed by atoms with Crippen LogP contribution in [0.5, 0.6) is 5.75 Å². The van der Waals surface area contributed by atoms with Gasteiger partial charge in [-0.15, -0.1) is 0 Å². The molecular weight excluding hydrogens is 336 g/mol. The van der Waals surface area contributed by atoms with Gasteiger partial charge in [0.25, 0.3) is 0 Å². The van der Waals surface area contributed by atoms with Gasteiger partial charge in [0, 0.05) is 26.7 Å². The van der Waals surface area contributed by atoms with E-state index in [4.69, 9.17) is 4.74 Å². The molecule has 0 aromatic heterocycles. The minimum absolute atomic E-state index is 0.693. The summed E-state index contributed by atoms with van der Waals surface area (Å²) >= 11 is 0. The number of nitrogens with one attached hydrogen (secondary N) is 2. The fourth-order valence-electron chi connectivity index (χ4n) is 2.92. The van der Waals surface area contributed by atoms with E-state index in [0.29, 0.717) is 6.54 Å². The zero-order valence-electron chi connectivity index (χ0n) is 17.0. The van der Waals surface area contributed by atoms with Gasteiger partial charge in [-0.2, -0.15) is 0 Å². The van der Waals surface area contributed by atoms with Crippen LogP contribution in [0.4, 0.5) is 0 Å². The van der Waals surface area contributed by atoms with Crippen LogP contribution in [0.3, 0.4) is 0 Å². The van der Waals surface area contributed by atoms with Gasteiger partial charge in [0.2, 0.25) is 0 Å². The van der Waals surface area contributed by atoms with Crippen LogP contribution in [0.1, 0.15) is 30.5 Å². The number of aliphatic imine (C=N–C) groups is 1. The van der Waals surface area contributed by atoms with Gasteiger partial charge in [-0.25, -0.2) is 0 Å². The molecule has 0 unspecified atom stereocenters. The van der Waals surface area contributed by atoms with E-state index >= 15 is 0 Å². The topological polar surface area (TPSA) is 48.9 Å². The van der Waals surface area contributed by atoms with Gasteiger partial charge in [0.05, 0.1) is 7.11 Å². The first-order valence-corrected chi connectivity index (χ1v) is 9.56. The SMILES string of the molecule is CCN(CC)Cc1cccc(CNC(=NC)NCc2cccc(OC)c2)c1. The van der Waals surface area contributed by atoms with Gasteiger partial charge in [-0.05, 0) is 41.9 Å². The lowest BCUT2D eigenvalue weighted by atomic mass is 10.1. The highest BCUT2D eigenvalue weighted by atomic mass is 16.5. The Kier molecular flexibility index (Phi) is 8.65. The van der Waals surface area contributed by atoms with Crippen LogP contribution in [-0.2, 0) is 19.6 Å². The monoisotopic (exact) mass is 368 g/mol. The molecule has 0 atom stereocenters. The Morgan fingerprint density at radius 3 is 2.11 bits per heavy atom. The first-order chi connectivity index (χ1) is 13.2. The second kappa shape index (κ2) is 11.2.